The molecule has 0 aliphatic carbocycles. The van der Waals surface area contributed by atoms with Crippen LogP contribution < -0.4 is 15.4 Å². The summed E-state index contributed by atoms with van der Waals surface area (Å²) in [6, 6.07) is 8.64. The van der Waals surface area contributed by atoms with E-state index in [4.69, 9.17) is 9.47 Å². The molecule has 2 aromatic heterocycles. The van der Waals surface area contributed by atoms with Crippen LogP contribution >= 0.6 is 35.3 Å². The summed E-state index contributed by atoms with van der Waals surface area (Å²) in [4.78, 5) is 12.7. The van der Waals surface area contributed by atoms with Crippen LogP contribution in [0.2, 0.25) is 0 Å². The lowest BCUT2D eigenvalue weighted by atomic mass is 10.2. The standard InChI is InChI=1S/C21H31N5O2S.HI/c1-22-21(24-15-17-7-8-20(23-14-17)28-12-11-27-2)25-16-18(19-6-5-13-29-19)26-9-3-4-10-26;/h5-8,13-14,18H,3-4,9-12,15-16H2,1-2H3,(H2,22,24,25);1H. The molecular formula is C21H32IN5O2S. The molecule has 1 aliphatic heterocycles. The Morgan fingerprint density at radius 2 is 2.07 bits per heavy atom. The van der Waals surface area contributed by atoms with Gasteiger partial charge in [-0.1, -0.05) is 12.1 Å². The second-order valence-electron chi connectivity index (χ2n) is 6.93. The second kappa shape index (κ2) is 13.8. The van der Waals surface area contributed by atoms with Gasteiger partial charge >= 0.3 is 0 Å². The van der Waals surface area contributed by atoms with Gasteiger partial charge in [0.1, 0.15) is 6.61 Å². The maximum atomic E-state index is 5.50. The first-order chi connectivity index (χ1) is 14.3. The van der Waals surface area contributed by atoms with E-state index in [9.17, 15) is 0 Å². The molecule has 2 aromatic rings. The smallest absolute Gasteiger partial charge is 0.213 e. The normalized spacial score (nSPS) is 15.5. The maximum absolute atomic E-state index is 5.50. The van der Waals surface area contributed by atoms with Crippen LogP contribution in [0.25, 0.3) is 0 Å². The molecule has 0 radical (unpaired) electrons. The molecule has 9 heteroatoms. The summed E-state index contributed by atoms with van der Waals surface area (Å²) in [5.74, 6) is 1.41. The van der Waals surface area contributed by atoms with Crippen LogP contribution in [0.15, 0.2) is 40.8 Å². The zero-order valence-electron chi connectivity index (χ0n) is 17.7. The van der Waals surface area contributed by atoms with Gasteiger partial charge in [-0.3, -0.25) is 9.89 Å². The number of halogens is 1. The van der Waals surface area contributed by atoms with Crippen LogP contribution in [0, 0.1) is 0 Å². The zero-order valence-corrected chi connectivity index (χ0v) is 20.8. The van der Waals surface area contributed by atoms with E-state index in [1.54, 1.807) is 14.2 Å². The molecule has 0 bridgehead atoms. The fourth-order valence-electron chi connectivity index (χ4n) is 3.37. The highest BCUT2D eigenvalue weighted by atomic mass is 127. The number of aliphatic imine (C=N–C) groups is 1. The minimum atomic E-state index is 0. The molecular weight excluding hydrogens is 513 g/mol. The number of nitrogens with one attached hydrogen (secondary N) is 2. The van der Waals surface area contributed by atoms with Crippen molar-refractivity contribution >= 4 is 41.3 Å². The van der Waals surface area contributed by atoms with Crippen molar-refractivity contribution in [1.82, 2.24) is 20.5 Å². The van der Waals surface area contributed by atoms with Gasteiger partial charge in [0.15, 0.2) is 5.96 Å². The third-order valence-electron chi connectivity index (χ3n) is 4.93. The van der Waals surface area contributed by atoms with Crippen molar-refractivity contribution in [3.63, 3.8) is 0 Å². The second-order valence-corrected chi connectivity index (χ2v) is 7.91. The molecule has 3 rings (SSSR count). The van der Waals surface area contributed by atoms with Crippen molar-refractivity contribution in [2.75, 3.05) is 47.0 Å². The molecule has 0 spiro atoms. The Hall–Kier alpha value is -1.43. The van der Waals surface area contributed by atoms with Gasteiger partial charge in [-0.25, -0.2) is 4.98 Å². The van der Waals surface area contributed by atoms with Crippen molar-refractivity contribution in [2.45, 2.75) is 25.4 Å². The largest absolute Gasteiger partial charge is 0.475 e. The molecule has 166 valence electrons. The molecule has 7 nitrogen and oxygen atoms in total. The molecule has 3 heterocycles. The van der Waals surface area contributed by atoms with Crippen molar-refractivity contribution in [3.8, 4) is 5.88 Å². The van der Waals surface area contributed by atoms with E-state index in [1.807, 2.05) is 29.7 Å². The molecule has 1 atom stereocenters. The van der Waals surface area contributed by atoms with Crippen molar-refractivity contribution < 1.29 is 9.47 Å². The summed E-state index contributed by atoms with van der Waals surface area (Å²) < 4.78 is 10.5. The third-order valence-corrected chi connectivity index (χ3v) is 5.91. The number of hydrogen-bond acceptors (Lipinski definition) is 6. The Labute approximate surface area is 200 Å². The topological polar surface area (TPSA) is 71.0 Å². The van der Waals surface area contributed by atoms with Crippen molar-refractivity contribution in [3.05, 3.63) is 46.3 Å². The van der Waals surface area contributed by atoms with Gasteiger partial charge in [0.2, 0.25) is 5.88 Å². The summed E-state index contributed by atoms with van der Waals surface area (Å²) in [6.07, 6.45) is 4.39. The lowest BCUT2D eigenvalue weighted by Crippen LogP contribution is -2.42. The SMILES string of the molecule is CN=C(NCc1ccc(OCCOC)nc1)NCC(c1cccs1)N1CCCC1.I. The van der Waals surface area contributed by atoms with E-state index in [0.717, 1.165) is 18.1 Å². The number of guanidine groups is 1. The van der Waals surface area contributed by atoms with Crippen LogP contribution in [-0.2, 0) is 11.3 Å². The fraction of sp³-hybridized carbons (Fsp3) is 0.524. The summed E-state index contributed by atoms with van der Waals surface area (Å²) in [6.45, 7) is 4.88. The minimum Gasteiger partial charge on any atom is -0.475 e. The van der Waals surface area contributed by atoms with E-state index >= 15 is 0 Å². The number of methoxy groups -OCH3 is 1. The molecule has 1 fully saturated rings. The lowest BCUT2D eigenvalue weighted by molar-refractivity contribution is 0.143. The van der Waals surface area contributed by atoms with Gasteiger partial charge in [0.25, 0.3) is 0 Å². The monoisotopic (exact) mass is 545 g/mol. The Morgan fingerprint density at radius 3 is 2.70 bits per heavy atom. The lowest BCUT2D eigenvalue weighted by Gasteiger charge is -2.27. The van der Waals surface area contributed by atoms with E-state index < -0.39 is 0 Å². The van der Waals surface area contributed by atoms with Gasteiger partial charge in [0.05, 0.1) is 12.6 Å². The van der Waals surface area contributed by atoms with Gasteiger partial charge in [-0.05, 0) is 42.9 Å². The number of thiophene rings is 1. The minimum absolute atomic E-state index is 0. The molecule has 0 amide bonds. The maximum Gasteiger partial charge on any atom is 0.213 e. The fourth-order valence-corrected chi connectivity index (χ4v) is 4.23. The van der Waals surface area contributed by atoms with Crippen LogP contribution in [0.1, 0.15) is 29.3 Å². The Morgan fingerprint density at radius 1 is 1.23 bits per heavy atom. The van der Waals surface area contributed by atoms with Crippen LogP contribution in [0.5, 0.6) is 5.88 Å². The Bertz CT molecular complexity index is 736. The highest BCUT2D eigenvalue weighted by Crippen LogP contribution is 2.27. The number of rotatable bonds is 10. The number of aromatic nitrogens is 1. The molecule has 0 saturated carbocycles. The Kier molecular flexibility index (Phi) is 11.4. The molecule has 0 aromatic carbocycles. The van der Waals surface area contributed by atoms with Crippen LogP contribution in [0.3, 0.4) is 0 Å². The van der Waals surface area contributed by atoms with Gasteiger partial charge in [-0.2, -0.15) is 0 Å². The van der Waals surface area contributed by atoms with E-state index in [0.29, 0.717) is 31.7 Å². The molecule has 1 saturated heterocycles. The van der Waals surface area contributed by atoms with Crippen LogP contribution in [0.4, 0.5) is 0 Å². The van der Waals surface area contributed by atoms with Gasteiger partial charge < -0.3 is 20.1 Å². The number of pyridine rings is 1. The van der Waals surface area contributed by atoms with Crippen molar-refractivity contribution in [1.29, 1.82) is 0 Å². The summed E-state index contributed by atoms with van der Waals surface area (Å²) in [5.41, 5.74) is 1.07. The first kappa shape index (κ1) is 24.8. The van der Waals surface area contributed by atoms with Crippen molar-refractivity contribution in [2.24, 2.45) is 4.99 Å². The quantitative estimate of drug-likeness (QED) is 0.207. The highest BCUT2D eigenvalue weighted by Gasteiger charge is 2.24. The number of hydrogen-bond donors (Lipinski definition) is 2. The molecule has 30 heavy (non-hydrogen) atoms. The molecule has 2 N–H and O–H groups in total. The highest BCUT2D eigenvalue weighted by molar-refractivity contribution is 14.0. The zero-order chi connectivity index (χ0) is 20.3. The average Bonchev–Trinajstić information content (AvgIpc) is 3.46. The number of likely N-dealkylation sites (tertiary alicyclic amines) is 1. The summed E-state index contributed by atoms with van der Waals surface area (Å²) in [5, 5.41) is 9.02. The first-order valence-electron chi connectivity index (χ1n) is 10.1. The first-order valence-corrected chi connectivity index (χ1v) is 11.0. The Balaban J connectivity index is 0.00000320. The van der Waals surface area contributed by atoms with Gasteiger partial charge in [0, 0.05) is 44.4 Å². The van der Waals surface area contributed by atoms with E-state index in [2.05, 4.69) is 43.0 Å². The number of ether oxygens (including phenoxy) is 2. The predicted molar refractivity (Wildman–Crippen MR) is 133 cm³/mol. The summed E-state index contributed by atoms with van der Waals surface area (Å²) in [7, 11) is 3.45. The predicted octanol–water partition coefficient (Wildman–Crippen LogP) is 3.29. The number of nitrogens with zero attached hydrogens (tertiary/aromatic N) is 3. The molecule has 1 unspecified atom stereocenters. The van der Waals surface area contributed by atoms with E-state index in [1.165, 1.54) is 30.8 Å². The van der Waals surface area contributed by atoms with E-state index in [-0.39, 0.29) is 24.0 Å². The third kappa shape index (κ3) is 7.68. The van der Waals surface area contributed by atoms with Crippen LogP contribution in [-0.4, -0.2) is 62.8 Å². The average molecular weight is 545 g/mol. The van der Waals surface area contributed by atoms with Gasteiger partial charge in [-0.15, -0.1) is 35.3 Å². The summed E-state index contributed by atoms with van der Waals surface area (Å²) >= 11 is 1.83. The molecule has 1 aliphatic rings.